The Bertz CT molecular complexity index is 586. The van der Waals surface area contributed by atoms with E-state index in [1.54, 1.807) is 6.07 Å². The number of aromatic nitrogens is 1. The molecule has 2 saturated carbocycles. The van der Waals surface area contributed by atoms with E-state index >= 15 is 0 Å². The minimum Gasteiger partial charge on any atom is -0.190 e. The Kier molecular flexibility index (Phi) is 9.39. The molecular weight excluding hydrogens is 364 g/mol. The molecule has 0 N–H and O–H groups in total. The fourth-order valence-electron chi connectivity index (χ4n) is 5.92. The van der Waals surface area contributed by atoms with Gasteiger partial charge in [0.05, 0.1) is 0 Å². The smallest absolute Gasteiger partial charge is 0.190 e. The molecule has 0 aromatic carbocycles. The van der Waals surface area contributed by atoms with Gasteiger partial charge in [-0.1, -0.05) is 71.1 Å². The molecule has 1 nitrogen and oxygen atoms in total. The lowest BCUT2D eigenvalue weighted by atomic mass is 9.68. The van der Waals surface area contributed by atoms with Gasteiger partial charge in [-0.25, -0.2) is 0 Å². The van der Waals surface area contributed by atoms with E-state index in [4.69, 9.17) is 0 Å². The second kappa shape index (κ2) is 12.0. The Balaban J connectivity index is 1.30. The Morgan fingerprint density at radius 2 is 1.34 bits per heavy atom. The van der Waals surface area contributed by atoms with Crippen LogP contribution in [0.25, 0.3) is 0 Å². The van der Waals surface area contributed by atoms with Gasteiger partial charge in [-0.2, -0.15) is 13.8 Å². The second-order valence-corrected chi connectivity index (χ2v) is 9.89. The first-order chi connectivity index (χ1) is 14.2. The van der Waals surface area contributed by atoms with Crippen molar-refractivity contribution in [1.82, 2.24) is 4.98 Å². The van der Waals surface area contributed by atoms with Crippen LogP contribution in [-0.2, 0) is 6.42 Å². The molecule has 1 aromatic rings. The maximum atomic E-state index is 13.7. The first-order valence-electron chi connectivity index (χ1n) is 12.5. The van der Waals surface area contributed by atoms with E-state index in [1.165, 1.54) is 96.0 Å². The van der Waals surface area contributed by atoms with Gasteiger partial charge in [-0.05, 0) is 74.3 Å². The Labute approximate surface area is 177 Å². The molecule has 2 aliphatic rings. The highest BCUT2D eigenvalue weighted by molar-refractivity contribution is 5.11. The van der Waals surface area contributed by atoms with Crippen LogP contribution >= 0.6 is 0 Å². The highest BCUT2D eigenvalue weighted by Gasteiger charge is 2.30. The minimum absolute atomic E-state index is 0.571. The fraction of sp³-hybridized carbons (Fsp3) is 0.808. The molecule has 0 spiro atoms. The predicted octanol–water partition coefficient (Wildman–Crippen LogP) is 8.27. The van der Waals surface area contributed by atoms with Crippen LogP contribution in [0.1, 0.15) is 109 Å². The van der Waals surface area contributed by atoms with Crippen molar-refractivity contribution in [3.05, 3.63) is 29.6 Å². The highest BCUT2D eigenvalue weighted by Crippen LogP contribution is 2.43. The van der Waals surface area contributed by atoms with Crippen LogP contribution in [0.15, 0.2) is 12.1 Å². The first-order valence-corrected chi connectivity index (χ1v) is 12.5. The van der Waals surface area contributed by atoms with Crippen molar-refractivity contribution in [2.75, 3.05) is 0 Å². The number of unbranched alkanes of at least 4 members (excludes halogenated alkanes) is 4. The van der Waals surface area contributed by atoms with E-state index in [2.05, 4.69) is 11.9 Å². The SMILES string of the molecule is CCCCCCC[C@H]1CC[C@H](C2CCC(CCc3ccc(F)nc3F)CC2)CC1. The summed E-state index contributed by atoms with van der Waals surface area (Å²) >= 11 is 0. The van der Waals surface area contributed by atoms with Gasteiger partial charge in [0.25, 0.3) is 0 Å². The van der Waals surface area contributed by atoms with Gasteiger partial charge < -0.3 is 0 Å². The van der Waals surface area contributed by atoms with Crippen LogP contribution < -0.4 is 0 Å². The van der Waals surface area contributed by atoms with E-state index in [9.17, 15) is 8.78 Å². The Morgan fingerprint density at radius 1 is 0.759 bits per heavy atom. The molecule has 1 heterocycles. The van der Waals surface area contributed by atoms with E-state index in [0.717, 1.165) is 24.2 Å². The normalized spacial score (nSPS) is 27.8. The van der Waals surface area contributed by atoms with Gasteiger partial charge in [0, 0.05) is 5.56 Å². The molecule has 2 fully saturated rings. The molecule has 0 bridgehead atoms. The zero-order valence-corrected chi connectivity index (χ0v) is 18.5. The number of nitrogens with zero attached hydrogens (tertiary/aromatic N) is 1. The summed E-state index contributed by atoms with van der Waals surface area (Å²) in [7, 11) is 0. The van der Waals surface area contributed by atoms with Gasteiger partial charge in [-0.15, -0.1) is 0 Å². The zero-order chi connectivity index (χ0) is 20.5. The Hall–Kier alpha value is -0.990. The summed E-state index contributed by atoms with van der Waals surface area (Å²) in [6.45, 7) is 2.29. The van der Waals surface area contributed by atoms with Gasteiger partial charge in [0.1, 0.15) is 0 Å². The number of hydrogen-bond donors (Lipinski definition) is 0. The largest absolute Gasteiger partial charge is 0.218 e. The van der Waals surface area contributed by atoms with Crippen LogP contribution in [-0.4, -0.2) is 4.98 Å². The van der Waals surface area contributed by atoms with Gasteiger partial charge in [0.15, 0.2) is 0 Å². The highest BCUT2D eigenvalue weighted by atomic mass is 19.1. The third kappa shape index (κ3) is 7.33. The van der Waals surface area contributed by atoms with E-state index < -0.39 is 11.9 Å². The van der Waals surface area contributed by atoms with Crippen molar-refractivity contribution in [2.45, 2.75) is 110 Å². The molecule has 1 aromatic heterocycles. The molecule has 0 unspecified atom stereocenters. The molecule has 29 heavy (non-hydrogen) atoms. The van der Waals surface area contributed by atoms with Crippen molar-refractivity contribution in [2.24, 2.45) is 23.7 Å². The minimum atomic E-state index is -0.724. The van der Waals surface area contributed by atoms with Crippen LogP contribution in [0.2, 0.25) is 0 Å². The van der Waals surface area contributed by atoms with Crippen LogP contribution in [0.4, 0.5) is 8.78 Å². The van der Waals surface area contributed by atoms with Crippen LogP contribution in [0, 0.1) is 35.6 Å². The van der Waals surface area contributed by atoms with Crippen molar-refractivity contribution in [1.29, 1.82) is 0 Å². The van der Waals surface area contributed by atoms with E-state index in [1.807, 2.05) is 0 Å². The number of pyridine rings is 1. The van der Waals surface area contributed by atoms with Crippen molar-refractivity contribution in [3.8, 4) is 0 Å². The zero-order valence-electron chi connectivity index (χ0n) is 18.5. The summed E-state index contributed by atoms with van der Waals surface area (Å²) in [5.41, 5.74) is 0.571. The van der Waals surface area contributed by atoms with Crippen molar-refractivity contribution in [3.63, 3.8) is 0 Å². The molecule has 3 heteroatoms. The summed E-state index contributed by atoms with van der Waals surface area (Å²) < 4.78 is 26.7. The lowest BCUT2D eigenvalue weighted by Gasteiger charge is -2.38. The molecule has 3 rings (SSSR count). The number of hydrogen-bond acceptors (Lipinski definition) is 1. The fourth-order valence-corrected chi connectivity index (χ4v) is 5.92. The molecular formula is C26H41F2N. The number of rotatable bonds is 10. The molecule has 164 valence electrons. The van der Waals surface area contributed by atoms with Gasteiger partial charge in [0.2, 0.25) is 11.9 Å². The quantitative estimate of drug-likeness (QED) is 0.282. The molecule has 0 radical (unpaired) electrons. The average Bonchev–Trinajstić information content (AvgIpc) is 2.74. The molecule has 0 atom stereocenters. The predicted molar refractivity (Wildman–Crippen MR) is 117 cm³/mol. The maximum Gasteiger partial charge on any atom is 0.218 e. The number of halogens is 2. The summed E-state index contributed by atoms with van der Waals surface area (Å²) in [5, 5.41) is 0. The van der Waals surface area contributed by atoms with Gasteiger partial charge in [-0.3, -0.25) is 0 Å². The maximum absolute atomic E-state index is 13.7. The lowest BCUT2D eigenvalue weighted by Crippen LogP contribution is -2.26. The monoisotopic (exact) mass is 405 g/mol. The summed E-state index contributed by atoms with van der Waals surface area (Å²) in [5.74, 6) is 2.25. The molecule has 0 saturated heterocycles. The molecule has 0 aliphatic heterocycles. The average molecular weight is 406 g/mol. The van der Waals surface area contributed by atoms with E-state index in [0.29, 0.717) is 17.9 Å². The van der Waals surface area contributed by atoms with E-state index in [-0.39, 0.29) is 0 Å². The molecule has 0 amide bonds. The van der Waals surface area contributed by atoms with Crippen LogP contribution in [0.3, 0.4) is 0 Å². The second-order valence-electron chi connectivity index (χ2n) is 9.89. The van der Waals surface area contributed by atoms with Gasteiger partial charge >= 0.3 is 0 Å². The van der Waals surface area contributed by atoms with Crippen molar-refractivity contribution >= 4 is 0 Å². The summed E-state index contributed by atoms with van der Waals surface area (Å²) in [6, 6.07) is 2.84. The number of aryl methyl sites for hydroxylation is 1. The van der Waals surface area contributed by atoms with Crippen molar-refractivity contribution < 1.29 is 8.78 Å². The standard InChI is InChI=1S/C26H41F2N/c1-2-3-4-5-6-7-20-8-13-22(14-9-20)23-15-10-21(11-16-23)12-17-24-18-19-25(27)29-26(24)28/h18-23H,2-17H2,1H3/t20-,21?,22-,23?. The Morgan fingerprint density at radius 3 is 1.93 bits per heavy atom. The first kappa shape index (κ1) is 22.7. The summed E-state index contributed by atoms with van der Waals surface area (Å²) in [6.07, 6.45) is 21.4. The summed E-state index contributed by atoms with van der Waals surface area (Å²) in [4.78, 5) is 3.31. The lowest BCUT2D eigenvalue weighted by molar-refractivity contribution is 0.140. The topological polar surface area (TPSA) is 12.9 Å². The third-order valence-corrected chi connectivity index (χ3v) is 7.88. The molecule has 2 aliphatic carbocycles. The van der Waals surface area contributed by atoms with Crippen LogP contribution in [0.5, 0.6) is 0 Å². The third-order valence-electron chi connectivity index (χ3n) is 7.88.